The molecule has 5 heteroatoms. The Labute approximate surface area is 136 Å². The molecule has 0 bridgehead atoms. The number of aromatic nitrogens is 1. The van der Waals surface area contributed by atoms with Crippen LogP contribution in [0.1, 0.15) is 12.8 Å². The zero-order valence-corrected chi connectivity index (χ0v) is 14.0. The van der Waals surface area contributed by atoms with Crippen LogP contribution >= 0.6 is 11.3 Å². The number of anilines is 1. The van der Waals surface area contributed by atoms with Gasteiger partial charge in [0.15, 0.2) is 5.13 Å². The smallest absolute Gasteiger partial charge is 0.183 e. The van der Waals surface area contributed by atoms with E-state index < -0.39 is 0 Å². The molecule has 1 aliphatic heterocycles. The van der Waals surface area contributed by atoms with Crippen LogP contribution in [0.5, 0.6) is 0 Å². The highest BCUT2D eigenvalue weighted by Crippen LogP contribution is 2.29. The number of thiazole rings is 1. The highest BCUT2D eigenvalue weighted by molar-refractivity contribution is 7.14. The number of likely N-dealkylation sites (N-methyl/N-ethyl adjacent to an activating group) is 1. The summed E-state index contributed by atoms with van der Waals surface area (Å²) in [6, 6.07) is 10.3. The first kappa shape index (κ1) is 15.5. The summed E-state index contributed by atoms with van der Waals surface area (Å²) in [4.78, 5) is 7.04. The Morgan fingerprint density at radius 3 is 2.64 bits per heavy atom. The lowest BCUT2D eigenvalue weighted by Crippen LogP contribution is -2.53. The van der Waals surface area contributed by atoms with E-state index in [2.05, 4.69) is 41.8 Å². The van der Waals surface area contributed by atoms with Gasteiger partial charge in [-0.3, -0.25) is 0 Å². The second kappa shape index (κ2) is 6.77. The van der Waals surface area contributed by atoms with Crippen LogP contribution in [0.15, 0.2) is 35.7 Å². The Bertz CT molecular complexity index is 591. The molecule has 1 saturated heterocycles. The van der Waals surface area contributed by atoms with Crippen molar-refractivity contribution in [1.29, 1.82) is 0 Å². The molecule has 1 aliphatic rings. The fraction of sp³-hybridized carbons (Fsp3) is 0.471. The van der Waals surface area contributed by atoms with E-state index in [1.54, 1.807) is 11.3 Å². The van der Waals surface area contributed by atoms with Crippen LogP contribution in [0.2, 0.25) is 0 Å². The molecule has 0 saturated carbocycles. The highest BCUT2D eigenvalue weighted by Gasteiger charge is 2.34. The molecule has 1 N–H and O–H groups in total. The first-order chi connectivity index (χ1) is 10.7. The average Bonchev–Trinajstić information content (AvgIpc) is 3.03. The minimum Gasteiger partial charge on any atom is -0.381 e. The second-order valence-electron chi connectivity index (χ2n) is 5.99. The summed E-state index contributed by atoms with van der Waals surface area (Å²) in [7, 11) is 4.31. The van der Waals surface area contributed by atoms with Crippen LogP contribution in [-0.4, -0.2) is 49.3 Å². The van der Waals surface area contributed by atoms with Gasteiger partial charge in [-0.2, -0.15) is 0 Å². The van der Waals surface area contributed by atoms with Crippen molar-refractivity contribution in [1.82, 2.24) is 9.88 Å². The van der Waals surface area contributed by atoms with Crippen LogP contribution in [0.25, 0.3) is 11.3 Å². The Balaban J connectivity index is 1.67. The number of ether oxygens (including phenoxy) is 1. The SMILES string of the molecule is CN(C)C1(CNc2nc(-c3ccccc3)cs2)CCOCC1. The fourth-order valence-corrected chi connectivity index (χ4v) is 3.59. The summed E-state index contributed by atoms with van der Waals surface area (Å²) in [5, 5.41) is 6.64. The molecule has 1 aromatic heterocycles. The van der Waals surface area contributed by atoms with Crippen LogP contribution in [-0.2, 0) is 4.74 Å². The summed E-state index contributed by atoms with van der Waals surface area (Å²) in [6.45, 7) is 2.59. The normalized spacial score (nSPS) is 17.6. The fourth-order valence-electron chi connectivity index (χ4n) is 2.87. The zero-order valence-electron chi connectivity index (χ0n) is 13.2. The van der Waals surface area contributed by atoms with Gasteiger partial charge in [-0.15, -0.1) is 11.3 Å². The molecule has 22 heavy (non-hydrogen) atoms. The summed E-state index contributed by atoms with van der Waals surface area (Å²) in [6.07, 6.45) is 2.12. The lowest BCUT2D eigenvalue weighted by Gasteiger charge is -2.42. The van der Waals surface area contributed by atoms with Crippen molar-refractivity contribution in [2.45, 2.75) is 18.4 Å². The predicted octanol–water partition coefficient (Wildman–Crippen LogP) is 3.33. The quantitative estimate of drug-likeness (QED) is 0.918. The maximum Gasteiger partial charge on any atom is 0.183 e. The largest absolute Gasteiger partial charge is 0.381 e. The van der Waals surface area contributed by atoms with E-state index in [1.165, 1.54) is 5.56 Å². The molecule has 118 valence electrons. The van der Waals surface area contributed by atoms with Gasteiger partial charge in [0.05, 0.1) is 5.69 Å². The van der Waals surface area contributed by atoms with Crippen molar-refractivity contribution in [2.24, 2.45) is 0 Å². The molecule has 2 heterocycles. The molecule has 0 unspecified atom stereocenters. The summed E-state index contributed by atoms with van der Waals surface area (Å²) >= 11 is 1.67. The summed E-state index contributed by atoms with van der Waals surface area (Å²) in [5.41, 5.74) is 2.37. The molecule has 3 rings (SSSR count). The number of benzene rings is 1. The van der Waals surface area contributed by atoms with Crippen LogP contribution in [0, 0.1) is 0 Å². The maximum atomic E-state index is 5.52. The summed E-state index contributed by atoms with van der Waals surface area (Å²) < 4.78 is 5.52. The average molecular weight is 317 g/mol. The Morgan fingerprint density at radius 1 is 1.23 bits per heavy atom. The number of rotatable bonds is 5. The van der Waals surface area contributed by atoms with Crippen LogP contribution in [0.3, 0.4) is 0 Å². The van der Waals surface area contributed by atoms with Gasteiger partial charge in [-0.05, 0) is 26.9 Å². The molecule has 0 aliphatic carbocycles. The van der Waals surface area contributed by atoms with Gasteiger partial charge < -0.3 is 15.0 Å². The topological polar surface area (TPSA) is 37.4 Å². The Hall–Kier alpha value is -1.43. The van der Waals surface area contributed by atoms with Gasteiger partial charge >= 0.3 is 0 Å². The number of nitrogens with one attached hydrogen (secondary N) is 1. The molecule has 4 nitrogen and oxygen atoms in total. The van der Waals surface area contributed by atoms with Crippen molar-refractivity contribution >= 4 is 16.5 Å². The van der Waals surface area contributed by atoms with E-state index in [0.29, 0.717) is 0 Å². The van der Waals surface area contributed by atoms with Gasteiger partial charge in [-0.1, -0.05) is 30.3 Å². The number of nitrogens with zero attached hydrogens (tertiary/aromatic N) is 2. The van der Waals surface area contributed by atoms with Crippen molar-refractivity contribution in [3.8, 4) is 11.3 Å². The van der Waals surface area contributed by atoms with E-state index in [0.717, 1.165) is 43.4 Å². The molecule has 0 atom stereocenters. The molecular weight excluding hydrogens is 294 g/mol. The van der Waals surface area contributed by atoms with E-state index in [4.69, 9.17) is 9.72 Å². The maximum absolute atomic E-state index is 5.52. The van der Waals surface area contributed by atoms with E-state index in [9.17, 15) is 0 Å². The van der Waals surface area contributed by atoms with Crippen molar-refractivity contribution in [3.63, 3.8) is 0 Å². The van der Waals surface area contributed by atoms with Crippen LogP contribution in [0.4, 0.5) is 5.13 Å². The highest BCUT2D eigenvalue weighted by atomic mass is 32.1. The lowest BCUT2D eigenvalue weighted by atomic mass is 9.88. The van der Waals surface area contributed by atoms with Gasteiger partial charge in [0, 0.05) is 36.2 Å². The van der Waals surface area contributed by atoms with E-state index >= 15 is 0 Å². The van der Waals surface area contributed by atoms with Crippen LogP contribution < -0.4 is 5.32 Å². The first-order valence-corrected chi connectivity index (χ1v) is 8.58. The number of hydrogen-bond donors (Lipinski definition) is 1. The third-order valence-electron chi connectivity index (χ3n) is 4.51. The van der Waals surface area contributed by atoms with Gasteiger partial charge in [0.1, 0.15) is 0 Å². The Morgan fingerprint density at radius 2 is 1.95 bits per heavy atom. The van der Waals surface area contributed by atoms with Crippen molar-refractivity contribution < 1.29 is 4.74 Å². The minimum atomic E-state index is 0.164. The molecule has 0 radical (unpaired) electrons. The summed E-state index contributed by atoms with van der Waals surface area (Å²) in [5.74, 6) is 0. The zero-order chi connectivity index (χ0) is 15.4. The molecule has 0 amide bonds. The van der Waals surface area contributed by atoms with Crippen molar-refractivity contribution in [2.75, 3.05) is 39.2 Å². The second-order valence-corrected chi connectivity index (χ2v) is 6.85. The first-order valence-electron chi connectivity index (χ1n) is 7.70. The Kier molecular flexibility index (Phi) is 4.76. The molecule has 1 aromatic carbocycles. The van der Waals surface area contributed by atoms with Gasteiger partial charge in [0.25, 0.3) is 0 Å². The third kappa shape index (κ3) is 3.32. The van der Waals surface area contributed by atoms with Crippen molar-refractivity contribution in [3.05, 3.63) is 35.7 Å². The molecule has 2 aromatic rings. The molecule has 1 fully saturated rings. The molecule has 0 spiro atoms. The number of hydrogen-bond acceptors (Lipinski definition) is 5. The molecular formula is C17H23N3OS. The lowest BCUT2D eigenvalue weighted by molar-refractivity contribution is -0.000629. The standard InChI is InChI=1S/C17H23N3OS/c1-20(2)17(8-10-21-11-9-17)13-18-16-19-15(12-22-16)14-6-4-3-5-7-14/h3-7,12H,8-11,13H2,1-2H3,(H,18,19). The monoisotopic (exact) mass is 317 g/mol. The van der Waals surface area contributed by atoms with Gasteiger partial charge in [-0.25, -0.2) is 4.98 Å². The third-order valence-corrected chi connectivity index (χ3v) is 5.31. The van der Waals surface area contributed by atoms with Gasteiger partial charge in [0.2, 0.25) is 0 Å². The van der Waals surface area contributed by atoms with E-state index in [1.807, 2.05) is 18.2 Å². The van der Waals surface area contributed by atoms with E-state index in [-0.39, 0.29) is 5.54 Å². The minimum absolute atomic E-state index is 0.164. The predicted molar refractivity (Wildman–Crippen MR) is 92.5 cm³/mol.